The average Bonchev–Trinajstić information content (AvgIpc) is 3.10. The van der Waals surface area contributed by atoms with E-state index in [-0.39, 0.29) is 30.4 Å². The van der Waals surface area contributed by atoms with E-state index in [1.54, 1.807) is 29.8 Å². The van der Waals surface area contributed by atoms with E-state index in [0.29, 0.717) is 17.3 Å². The van der Waals surface area contributed by atoms with Gasteiger partial charge in [0, 0.05) is 35.9 Å². The Morgan fingerprint density at radius 3 is 2.86 bits per heavy atom. The molecule has 2 aromatic carbocycles. The van der Waals surface area contributed by atoms with Crippen LogP contribution in [0, 0.1) is 5.82 Å². The predicted molar refractivity (Wildman–Crippen MR) is 113 cm³/mol. The van der Waals surface area contributed by atoms with Crippen molar-refractivity contribution in [2.24, 2.45) is 0 Å². The number of nitrogens with zero attached hydrogens (tertiary/aromatic N) is 2. The van der Waals surface area contributed by atoms with Crippen molar-refractivity contribution in [1.82, 2.24) is 15.3 Å². The molecule has 1 aliphatic carbocycles. The van der Waals surface area contributed by atoms with Crippen molar-refractivity contribution >= 4 is 44.7 Å². The van der Waals surface area contributed by atoms with Gasteiger partial charge >= 0.3 is 0 Å². The molecule has 0 amide bonds. The number of ether oxygens (including phenoxy) is 1. The number of halogens is 2. The Balaban J connectivity index is 0.00000192. The Morgan fingerprint density at radius 1 is 1.14 bits per heavy atom. The number of pyridine rings is 1. The number of nitrogens with one attached hydrogen (secondary N) is 1. The second-order valence-electron chi connectivity index (χ2n) is 6.79. The molecule has 4 nitrogen and oxygen atoms in total. The molecule has 5 rings (SSSR count). The second kappa shape index (κ2) is 7.99. The van der Waals surface area contributed by atoms with Gasteiger partial charge in [-0.3, -0.25) is 4.98 Å². The van der Waals surface area contributed by atoms with Crippen molar-refractivity contribution in [3.8, 4) is 5.19 Å². The van der Waals surface area contributed by atoms with E-state index in [4.69, 9.17) is 4.74 Å². The third-order valence-corrected chi connectivity index (χ3v) is 6.08. The standard InChI is InChI=1S/C21H18FN3OS.ClH/c22-16-6-5-13-11-23-10-9-14(13)15(16)12-24-17-7-8-19(17)26-21-25-18-3-1-2-4-20(18)27-21;/h1-6,9-11,17,19,24H,7-8,12H2;1H/t17-,19-;/m1./s1. The van der Waals surface area contributed by atoms with Gasteiger partial charge in [-0.15, -0.1) is 12.4 Å². The zero-order valence-electron chi connectivity index (χ0n) is 15.0. The monoisotopic (exact) mass is 415 g/mol. The molecule has 144 valence electrons. The summed E-state index contributed by atoms with van der Waals surface area (Å²) in [5.74, 6) is -0.191. The number of para-hydroxylation sites is 1. The maximum atomic E-state index is 14.4. The van der Waals surface area contributed by atoms with E-state index < -0.39 is 0 Å². The van der Waals surface area contributed by atoms with Crippen molar-refractivity contribution in [3.63, 3.8) is 0 Å². The average molecular weight is 416 g/mol. The molecule has 2 atom stereocenters. The molecule has 0 unspecified atom stereocenters. The highest BCUT2D eigenvalue weighted by Crippen LogP contribution is 2.32. The maximum absolute atomic E-state index is 14.4. The van der Waals surface area contributed by atoms with Crippen LogP contribution in [0.15, 0.2) is 54.9 Å². The van der Waals surface area contributed by atoms with Crippen LogP contribution in [0.25, 0.3) is 21.0 Å². The van der Waals surface area contributed by atoms with Crippen LogP contribution < -0.4 is 10.1 Å². The number of benzene rings is 2. The van der Waals surface area contributed by atoms with Gasteiger partial charge in [0.25, 0.3) is 5.19 Å². The lowest BCUT2D eigenvalue weighted by atomic mass is 9.88. The number of rotatable bonds is 5. The highest BCUT2D eigenvalue weighted by molar-refractivity contribution is 7.20. The van der Waals surface area contributed by atoms with Crippen LogP contribution >= 0.6 is 23.7 Å². The van der Waals surface area contributed by atoms with Crippen molar-refractivity contribution < 1.29 is 9.13 Å². The van der Waals surface area contributed by atoms with Gasteiger partial charge in [-0.25, -0.2) is 9.37 Å². The van der Waals surface area contributed by atoms with Gasteiger partial charge in [0.1, 0.15) is 11.9 Å². The third kappa shape index (κ3) is 3.55. The largest absolute Gasteiger partial charge is 0.465 e. The lowest BCUT2D eigenvalue weighted by Crippen LogP contribution is -2.50. The SMILES string of the molecule is Cl.Fc1ccc2cnccc2c1CN[C@@H]1CC[C@H]1Oc1nc2ccccc2s1. The summed E-state index contributed by atoms with van der Waals surface area (Å²) >= 11 is 1.57. The van der Waals surface area contributed by atoms with Gasteiger partial charge < -0.3 is 10.1 Å². The van der Waals surface area contributed by atoms with Gasteiger partial charge in [0.15, 0.2) is 0 Å². The predicted octanol–water partition coefficient (Wildman–Crippen LogP) is 5.11. The van der Waals surface area contributed by atoms with Crippen LogP contribution in [-0.4, -0.2) is 22.1 Å². The lowest BCUT2D eigenvalue weighted by Gasteiger charge is -2.36. The van der Waals surface area contributed by atoms with Crippen molar-refractivity contribution in [1.29, 1.82) is 0 Å². The molecule has 1 fully saturated rings. The minimum atomic E-state index is -0.191. The Hall–Kier alpha value is -2.28. The molecule has 0 aliphatic heterocycles. The number of aromatic nitrogens is 2. The Bertz CT molecular complexity index is 1090. The molecule has 0 radical (unpaired) electrons. The van der Waals surface area contributed by atoms with Gasteiger partial charge in [-0.05, 0) is 48.6 Å². The maximum Gasteiger partial charge on any atom is 0.274 e. The zero-order chi connectivity index (χ0) is 18.2. The fourth-order valence-corrected chi connectivity index (χ4v) is 4.36. The van der Waals surface area contributed by atoms with Crippen LogP contribution in [0.5, 0.6) is 5.19 Å². The second-order valence-corrected chi connectivity index (χ2v) is 7.78. The molecule has 0 bridgehead atoms. The fourth-order valence-electron chi connectivity index (χ4n) is 3.49. The minimum Gasteiger partial charge on any atom is -0.465 e. The molecule has 0 saturated heterocycles. The molecule has 1 saturated carbocycles. The Labute approximate surface area is 172 Å². The fraction of sp³-hybridized carbons (Fsp3) is 0.238. The van der Waals surface area contributed by atoms with Crippen molar-refractivity contribution in [3.05, 3.63) is 66.2 Å². The van der Waals surface area contributed by atoms with Crippen molar-refractivity contribution in [2.75, 3.05) is 0 Å². The first-order valence-electron chi connectivity index (χ1n) is 9.04. The summed E-state index contributed by atoms with van der Waals surface area (Å²) in [5.41, 5.74) is 1.65. The smallest absolute Gasteiger partial charge is 0.274 e. The van der Waals surface area contributed by atoms with E-state index in [1.165, 1.54) is 6.07 Å². The summed E-state index contributed by atoms with van der Waals surface area (Å²) in [7, 11) is 0. The van der Waals surface area contributed by atoms with E-state index in [9.17, 15) is 4.39 Å². The third-order valence-electron chi connectivity index (χ3n) is 5.15. The number of hydrogen-bond acceptors (Lipinski definition) is 5. The topological polar surface area (TPSA) is 47.0 Å². The Kier molecular flexibility index (Phi) is 5.44. The minimum absolute atomic E-state index is 0. The number of hydrogen-bond donors (Lipinski definition) is 1. The van der Waals surface area contributed by atoms with Gasteiger partial charge in [0.2, 0.25) is 0 Å². The molecule has 4 aromatic rings. The van der Waals surface area contributed by atoms with Crippen LogP contribution in [-0.2, 0) is 6.54 Å². The van der Waals surface area contributed by atoms with Gasteiger partial charge in [-0.1, -0.05) is 23.5 Å². The molecule has 28 heavy (non-hydrogen) atoms. The van der Waals surface area contributed by atoms with Crippen LogP contribution in [0.2, 0.25) is 0 Å². The Morgan fingerprint density at radius 2 is 2.04 bits per heavy atom. The molecule has 7 heteroatoms. The molecule has 2 heterocycles. The van der Waals surface area contributed by atoms with Crippen molar-refractivity contribution in [2.45, 2.75) is 31.5 Å². The van der Waals surface area contributed by atoms with E-state index in [0.717, 1.165) is 33.8 Å². The van der Waals surface area contributed by atoms with E-state index in [1.807, 2.05) is 24.3 Å². The summed E-state index contributed by atoms with van der Waals surface area (Å²) in [4.78, 5) is 8.66. The van der Waals surface area contributed by atoms with Gasteiger partial charge in [-0.2, -0.15) is 0 Å². The first-order chi connectivity index (χ1) is 13.3. The van der Waals surface area contributed by atoms with E-state index in [2.05, 4.69) is 21.4 Å². The lowest BCUT2D eigenvalue weighted by molar-refractivity contribution is 0.0716. The molecule has 1 N–H and O–H groups in total. The highest BCUT2D eigenvalue weighted by Gasteiger charge is 2.33. The van der Waals surface area contributed by atoms with Crippen LogP contribution in [0.4, 0.5) is 4.39 Å². The normalized spacial score (nSPS) is 18.6. The number of fused-ring (bicyclic) bond motifs is 2. The number of thiazole rings is 1. The molecule has 2 aromatic heterocycles. The summed E-state index contributed by atoms with van der Waals surface area (Å²) in [6.45, 7) is 0.470. The molecular weight excluding hydrogens is 397 g/mol. The first-order valence-corrected chi connectivity index (χ1v) is 9.86. The van der Waals surface area contributed by atoms with Gasteiger partial charge in [0.05, 0.1) is 10.2 Å². The molecular formula is C21H19ClFN3OS. The summed E-state index contributed by atoms with van der Waals surface area (Å²) < 4.78 is 21.6. The summed E-state index contributed by atoms with van der Waals surface area (Å²) in [6.07, 6.45) is 5.54. The van der Waals surface area contributed by atoms with Crippen LogP contribution in [0.3, 0.4) is 0 Å². The quantitative estimate of drug-likeness (QED) is 0.492. The highest BCUT2D eigenvalue weighted by atomic mass is 35.5. The van der Waals surface area contributed by atoms with Crippen LogP contribution in [0.1, 0.15) is 18.4 Å². The zero-order valence-corrected chi connectivity index (χ0v) is 16.6. The van der Waals surface area contributed by atoms with E-state index >= 15 is 0 Å². The molecule has 1 aliphatic rings. The molecule has 0 spiro atoms. The summed E-state index contributed by atoms with van der Waals surface area (Å²) in [5, 5.41) is 6.02. The summed E-state index contributed by atoms with van der Waals surface area (Å²) in [6, 6.07) is 13.4. The first kappa shape index (κ1) is 19.1.